The first-order valence-corrected chi connectivity index (χ1v) is 5.61. The van der Waals surface area contributed by atoms with Crippen molar-refractivity contribution in [2.24, 2.45) is 11.8 Å². The first-order chi connectivity index (χ1) is 5.88. The molecule has 0 amide bonds. The zero-order valence-corrected chi connectivity index (χ0v) is 8.26. The first kappa shape index (κ1) is 8.55. The predicted octanol–water partition coefficient (Wildman–Crippen LogP) is 2.52. The minimum absolute atomic E-state index is 1.08. The van der Waals surface area contributed by atoms with Crippen LogP contribution in [-0.2, 0) is 0 Å². The molecule has 2 aliphatic carbocycles. The minimum Gasteiger partial charge on any atom is -0.303 e. The molecule has 2 saturated carbocycles. The third-order valence-electron chi connectivity index (χ3n) is 2.97. The van der Waals surface area contributed by atoms with Gasteiger partial charge in [0.05, 0.1) is 0 Å². The fraction of sp³-hybridized carbons (Fsp3) is 1.00. The zero-order chi connectivity index (χ0) is 8.39. The monoisotopic (exact) mass is 167 g/mol. The van der Waals surface area contributed by atoms with Gasteiger partial charge in [-0.3, -0.25) is 0 Å². The molecule has 2 fully saturated rings. The second-order valence-electron chi connectivity index (χ2n) is 4.65. The van der Waals surface area contributed by atoms with Crippen LogP contribution in [-0.4, -0.2) is 24.5 Å². The predicted molar refractivity (Wildman–Crippen MR) is 52.2 cm³/mol. The molecule has 0 aromatic heterocycles. The summed E-state index contributed by atoms with van der Waals surface area (Å²) < 4.78 is 0. The van der Waals surface area contributed by atoms with E-state index in [1.165, 1.54) is 51.7 Å². The van der Waals surface area contributed by atoms with Gasteiger partial charge in [0.15, 0.2) is 0 Å². The Bertz CT molecular complexity index is 122. The lowest BCUT2D eigenvalue weighted by Gasteiger charge is -2.20. The lowest BCUT2D eigenvalue weighted by atomic mass is 10.3. The van der Waals surface area contributed by atoms with Gasteiger partial charge in [-0.2, -0.15) is 0 Å². The van der Waals surface area contributed by atoms with Crippen molar-refractivity contribution in [2.45, 2.75) is 39.0 Å². The van der Waals surface area contributed by atoms with Crippen LogP contribution in [0.1, 0.15) is 39.0 Å². The van der Waals surface area contributed by atoms with E-state index in [0.717, 1.165) is 11.8 Å². The van der Waals surface area contributed by atoms with Crippen LogP contribution >= 0.6 is 0 Å². The Labute approximate surface area is 76.1 Å². The molecule has 0 spiro atoms. The van der Waals surface area contributed by atoms with Crippen molar-refractivity contribution in [3.8, 4) is 0 Å². The van der Waals surface area contributed by atoms with E-state index >= 15 is 0 Å². The van der Waals surface area contributed by atoms with Crippen molar-refractivity contribution in [1.82, 2.24) is 4.90 Å². The van der Waals surface area contributed by atoms with Crippen LogP contribution in [0.5, 0.6) is 0 Å². The fourth-order valence-corrected chi connectivity index (χ4v) is 1.90. The third-order valence-corrected chi connectivity index (χ3v) is 2.97. The molecule has 0 unspecified atom stereocenters. The van der Waals surface area contributed by atoms with Crippen LogP contribution in [0.25, 0.3) is 0 Å². The molecule has 0 aliphatic heterocycles. The Morgan fingerprint density at radius 1 is 1.00 bits per heavy atom. The summed E-state index contributed by atoms with van der Waals surface area (Å²) in [6.45, 7) is 6.45. The van der Waals surface area contributed by atoms with Crippen LogP contribution in [0.4, 0.5) is 0 Å². The van der Waals surface area contributed by atoms with Gasteiger partial charge in [0.1, 0.15) is 0 Å². The summed E-state index contributed by atoms with van der Waals surface area (Å²) in [5, 5.41) is 0. The van der Waals surface area contributed by atoms with Gasteiger partial charge in [0.2, 0.25) is 0 Å². The Morgan fingerprint density at radius 2 is 1.50 bits per heavy atom. The van der Waals surface area contributed by atoms with Gasteiger partial charge in [-0.25, -0.2) is 0 Å². The average Bonchev–Trinajstić information content (AvgIpc) is 2.82. The second kappa shape index (κ2) is 3.78. The Morgan fingerprint density at radius 3 is 1.83 bits per heavy atom. The van der Waals surface area contributed by atoms with Crippen molar-refractivity contribution in [1.29, 1.82) is 0 Å². The van der Waals surface area contributed by atoms with E-state index in [0.29, 0.717) is 0 Å². The van der Waals surface area contributed by atoms with Crippen molar-refractivity contribution < 1.29 is 0 Å². The van der Waals surface area contributed by atoms with Crippen molar-refractivity contribution in [3.05, 3.63) is 0 Å². The SMILES string of the molecule is CCCN(CC1CC1)CC1CC1. The van der Waals surface area contributed by atoms with E-state index < -0.39 is 0 Å². The topological polar surface area (TPSA) is 3.24 Å². The van der Waals surface area contributed by atoms with E-state index in [4.69, 9.17) is 0 Å². The minimum atomic E-state index is 1.08. The van der Waals surface area contributed by atoms with Crippen LogP contribution in [0.15, 0.2) is 0 Å². The number of rotatable bonds is 6. The molecule has 70 valence electrons. The Kier molecular flexibility index (Phi) is 2.69. The molecule has 0 aromatic carbocycles. The van der Waals surface area contributed by atoms with Crippen molar-refractivity contribution >= 4 is 0 Å². The van der Waals surface area contributed by atoms with Gasteiger partial charge in [0.25, 0.3) is 0 Å². The Balaban J connectivity index is 1.66. The van der Waals surface area contributed by atoms with Gasteiger partial charge >= 0.3 is 0 Å². The van der Waals surface area contributed by atoms with E-state index in [1.807, 2.05) is 0 Å². The van der Waals surface area contributed by atoms with Gasteiger partial charge in [-0.1, -0.05) is 6.92 Å². The molecule has 1 nitrogen and oxygen atoms in total. The highest BCUT2D eigenvalue weighted by atomic mass is 15.1. The maximum absolute atomic E-state index is 2.70. The lowest BCUT2D eigenvalue weighted by Crippen LogP contribution is -2.28. The highest BCUT2D eigenvalue weighted by molar-refractivity contribution is 4.81. The average molecular weight is 167 g/mol. The summed E-state index contributed by atoms with van der Waals surface area (Å²) in [7, 11) is 0. The molecule has 0 atom stereocenters. The molecular weight excluding hydrogens is 146 g/mol. The van der Waals surface area contributed by atoms with Crippen LogP contribution in [0.3, 0.4) is 0 Å². The van der Waals surface area contributed by atoms with E-state index in [1.54, 1.807) is 0 Å². The molecular formula is C11H21N. The number of hydrogen-bond donors (Lipinski definition) is 0. The van der Waals surface area contributed by atoms with Gasteiger partial charge in [0, 0.05) is 13.1 Å². The summed E-state index contributed by atoms with van der Waals surface area (Å²) in [5.41, 5.74) is 0. The van der Waals surface area contributed by atoms with Crippen LogP contribution in [0.2, 0.25) is 0 Å². The molecule has 2 aliphatic rings. The van der Waals surface area contributed by atoms with E-state index in [-0.39, 0.29) is 0 Å². The van der Waals surface area contributed by atoms with Crippen LogP contribution in [0, 0.1) is 11.8 Å². The van der Waals surface area contributed by atoms with E-state index in [9.17, 15) is 0 Å². The maximum atomic E-state index is 2.70. The molecule has 0 saturated heterocycles. The molecule has 0 heterocycles. The normalized spacial score (nSPS) is 23.5. The van der Waals surface area contributed by atoms with Gasteiger partial charge in [-0.15, -0.1) is 0 Å². The summed E-state index contributed by atoms with van der Waals surface area (Å²) in [6, 6.07) is 0. The molecule has 0 aromatic rings. The maximum Gasteiger partial charge on any atom is 0.000977 e. The lowest BCUT2D eigenvalue weighted by molar-refractivity contribution is 0.253. The largest absolute Gasteiger partial charge is 0.303 e. The molecule has 1 heteroatoms. The smallest absolute Gasteiger partial charge is 0.000977 e. The first-order valence-electron chi connectivity index (χ1n) is 5.61. The third kappa shape index (κ3) is 2.78. The van der Waals surface area contributed by atoms with Crippen LogP contribution < -0.4 is 0 Å². The van der Waals surface area contributed by atoms with E-state index in [2.05, 4.69) is 11.8 Å². The Hall–Kier alpha value is -0.0400. The summed E-state index contributed by atoms with van der Waals surface area (Å²) in [4.78, 5) is 2.70. The fourth-order valence-electron chi connectivity index (χ4n) is 1.90. The van der Waals surface area contributed by atoms with Crippen molar-refractivity contribution in [3.63, 3.8) is 0 Å². The number of nitrogens with zero attached hydrogens (tertiary/aromatic N) is 1. The standard InChI is InChI=1S/C11H21N/c1-2-7-12(8-10-3-4-10)9-11-5-6-11/h10-11H,2-9H2,1H3. The van der Waals surface area contributed by atoms with Gasteiger partial charge < -0.3 is 4.90 Å². The highest BCUT2D eigenvalue weighted by Crippen LogP contribution is 2.33. The summed E-state index contributed by atoms with van der Waals surface area (Å²) in [6.07, 6.45) is 7.35. The quantitative estimate of drug-likeness (QED) is 0.587. The summed E-state index contributed by atoms with van der Waals surface area (Å²) >= 11 is 0. The molecule has 0 N–H and O–H groups in total. The highest BCUT2D eigenvalue weighted by Gasteiger charge is 2.28. The number of hydrogen-bond acceptors (Lipinski definition) is 1. The summed E-state index contributed by atoms with van der Waals surface area (Å²) in [5.74, 6) is 2.16. The zero-order valence-electron chi connectivity index (χ0n) is 8.26. The second-order valence-corrected chi connectivity index (χ2v) is 4.65. The molecule has 0 radical (unpaired) electrons. The molecule has 2 rings (SSSR count). The van der Waals surface area contributed by atoms with Gasteiger partial charge in [-0.05, 0) is 50.5 Å². The molecule has 0 bridgehead atoms. The van der Waals surface area contributed by atoms with Crippen molar-refractivity contribution in [2.75, 3.05) is 19.6 Å². The molecule has 12 heavy (non-hydrogen) atoms.